The summed E-state index contributed by atoms with van der Waals surface area (Å²) in [4.78, 5) is 29.8. The Morgan fingerprint density at radius 3 is 2.24 bits per heavy atom. The lowest BCUT2D eigenvalue weighted by atomic mass is 10.1. The van der Waals surface area contributed by atoms with Crippen molar-refractivity contribution in [2.45, 2.75) is 6.61 Å². The molecular weight excluding hydrogens is 368 g/mol. The number of nitrogens with zero attached hydrogens (tertiary/aromatic N) is 4. The molecule has 3 rings (SSSR count). The summed E-state index contributed by atoms with van der Waals surface area (Å²) in [5, 5.41) is 9.14. The number of carbonyl (C=O) groups excluding carboxylic acids is 2. The maximum Gasteiger partial charge on any atom is 0.319 e. The fraction of sp³-hybridized carbons (Fsp3) is 0.318. The zero-order chi connectivity index (χ0) is 20.8. The number of nitriles is 1. The average Bonchev–Trinajstić information content (AvgIpc) is 2.77. The predicted octanol–water partition coefficient (Wildman–Crippen LogP) is 2.58. The van der Waals surface area contributed by atoms with E-state index in [0.29, 0.717) is 49.7 Å². The summed E-state index contributed by atoms with van der Waals surface area (Å²) in [6, 6.07) is 16.4. The number of ether oxygens (including phenoxy) is 1. The molecule has 29 heavy (non-hydrogen) atoms. The highest BCUT2D eigenvalue weighted by atomic mass is 16.5. The van der Waals surface area contributed by atoms with Gasteiger partial charge in [0, 0.05) is 51.4 Å². The number of urea groups is 1. The minimum atomic E-state index is -0.0525. The van der Waals surface area contributed by atoms with Crippen LogP contribution in [-0.2, 0) is 6.61 Å². The maximum absolute atomic E-state index is 12.7. The first-order valence-corrected chi connectivity index (χ1v) is 9.46. The Bertz CT molecular complexity index is 910. The molecule has 0 unspecified atom stereocenters. The molecule has 0 bridgehead atoms. The average molecular weight is 392 g/mol. The van der Waals surface area contributed by atoms with E-state index in [1.807, 2.05) is 18.2 Å². The minimum absolute atomic E-state index is 0.0310. The Hall–Kier alpha value is -3.53. The summed E-state index contributed by atoms with van der Waals surface area (Å²) >= 11 is 0. The van der Waals surface area contributed by atoms with Crippen LogP contribution in [0.25, 0.3) is 0 Å². The molecule has 0 N–H and O–H groups in total. The second-order valence-electron chi connectivity index (χ2n) is 7.04. The molecule has 0 aromatic heterocycles. The molecule has 0 radical (unpaired) electrons. The van der Waals surface area contributed by atoms with Gasteiger partial charge in [0.2, 0.25) is 0 Å². The normalized spacial score (nSPS) is 13.6. The van der Waals surface area contributed by atoms with Gasteiger partial charge in [-0.15, -0.1) is 0 Å². The molecule has 1 saturated heterocycles. The zero-order valence-electron chi connectivity index (χ0n) is 16.7. The Labute approximate surface area is 170 Å². The van der Waals surface area contributed by atoms with E-state index in [1.54, 1.807) is 59.1 Å². The molecule has 3 amide bonds. The Morgan fingerprint density at radius 2 is 1.62 bits per heavy atom. The first kappa shape index (κ1) is 20.2. The SMILES string of the molecule is CN(C)C(=O)N1CCN(C(=O)c2ccc(OCc3ccccc3C#N)cc2)CC1. The van der Waals surface area contributed by atoms with Gasteiger partial charge in [0.1, 0.15) is 12.4 Å². The lowest BCUT2D eigenvalue weighted by Gasteiger charge is -2.36. The quantitative estimate of drug-likeness (QED) is 0.801. The Kier molecular flexibility index (Phi) is 6.35. The van der Waals surface area contributed by atoms with Crippen molar-refractivity contribution >= 4 is 11.9 Å². The van der Waals surface area contributed by atoms with E-state index in [2.05, 4.69) is 6.07 Å². The van der Waals surface area contributed by atoms with E-state index in [4.69, 9.17) is 10.00 Å². The lowest BCUT2D eigenvalue weighted by Crippen LogP contribution is -2.52. The largest absolute Gasteiger partial charge is 0.489 e. The molecule has 1 fully saturated rings. The van der Waals surface area contributed by atoms with Gasteiger partial charge in [0.05, 0.1) is 11.6 Å². The van der Waals surface area contributed by atoms with E-state index < -0.39 is 0 Å². The number of hydrogen-bond acceptors (Lipinski definition) is 4. The molecule has 2 aromatic rings. The smallest absolute Gasteiger partial charge is 0.319 e. The van der Waals surface area contributed by atoms with Crippen LogP contribution >= 0.6 is 0 Å². The van der Waals surface area contributed by atoms with Crippen molar-refractivity contribution in [3.63, 3.8) is 0 Å². The van der Waals surface area contributed by atoms with E-state index in [-0.39, 0.29) is 11.9 Å². The monoisotopic (exact) mass is 392 g/mol. The molecule has 0 saturated carbocycles. The van der Waals surface area contributed by atoms with Gasteiger partial charge in [-0.2, -0.15) is 5.26 Å². The summed E-state index contributed by atoms with van der Waals surface area (Å²) in [6.45, 7) is 2.38. The number of rotatable bonds is 4. The van der Waals surface area contributed by atoms with Crippen molar-refractivity contribution in [2.75, 3.05) is 40.3 Å². The van der Waals surface area contributed by atoms with Gasteiger partial charge in [0.25, 0.3) is 5.91 Å². The zero-order valence-corrected chi connectivity index (χ0v) is 16.7. The molecule has 1 heterocycles. The van der Waals surface area contributed by atoms with Gasteiger partial charge in [0.15, 0.2) is 0 Å². The van der Waals surface area contributed by atoms with Crippen molar-refractivity contribution in [1.82, 2.24) is 14.7 Å². The molecule has 1 aliphatic rings. The van der Waals surface area contributed by atoms with Gasteiger partial charge in [-0.3, -0.25) is 4.79 Å². The number of benzene rings is 2. The fourth-order valence-corrected chi connectivity index (χ4v) is 3.18. The topological polar surface area (TPSA) is 76.9 Å². The highest BCUT2D eigenvalue weighted by molar-refractivity contribution is 5.94. The van der Waals surface area contributed by atoms with Crippen LogP contribution in [0.4, 0.5) is 4.79 Å². The van der Waals surface area contributed by atoms with Crippen LogP contribution in [0.15, 0.2) is 48.5 Å². The van der Waals surface area contributed by atoms with Crippen LogP contribution in [0.5, 0.6) is 5.75 Å². The third-order valence-electron chi connectivity index (χ3n) is 4.85. The third-order valence-corrected chi connectivity index (χ3v) is 4.85. The second kappa shape index (κ2) is 9.11. The van der Waals surface area contributed by atoms with E-state index >= 15 is 0 Å². The van der Waals surface area contributed by atoms with E-state index in [1.165, 1.54) is 0 Å². The molecular formula is C22H24N4O3. The van der Waals surface area contributed by atoms with E-state index in [0.717, 1.165) is 5.56 Å². The van der Waals surface area contributed by atoms with Gasteiger partial charge in [-0.25, -0.2) is 4.79 Å². The van der Waals surface area contributed by atoms with Crippen LogP contribution in [0.1, 0.15) is 21.5 Å². The van der Waals surface area contributed by atoms with Crippen LogP contribution in [0.3, 0.4) is 0 Å². The van der Waals surface area contributed by atoms with Gasteiger partial charge < -0.3 is 19.4 Å². The maximum atomic E-state index is 12.7. The van der Waals surface area contributed by atoms with Gasteiger partial charge in [-0.1, -0.05) is 18.2 Å². The third kappa shape index (κ3) is 4.85. The van der Waals surface area contributed by atoms with Crippen molar-refractivity contribution in [2.24, 2.45) is 0 Å². The Balaban J connectivity index is 1.55. The van der Waals surface area contributed by atoms with E-state index in [9.17, 15) is 9.59 Å². The summed E-state index contributed by atoms with van der Waals surface area (Å²) in [5.41, 5.74) is 1.99. The summed E-state index contributed by atoms with van der Waals surface area (Å²) in [7, 11) is 3.45. The van der Waals surface area contributed by atoms with Gasteiger partial charge >= 0.3 is 6.03 Å². The number of piperazine rings is 1. The molecule has 0 atom stereocenters. The number of carbonyl (C=O) groups is 2. The van der Waals surface area contributed by atoms with Crippen molar-refractivity contribution in [1.29, 1.82) is 5.26 Å². The summed E-state index contributed by atoms with van der Waals surface area (Å²) in [5.74, 6) is 0.582. The summed E-state index contributed by atoms with van der Waals surface area (Å²) < 4.78 is 5.75. The molecule has 7 nitrogen and oxygen atoms in total. The highest BCUT2D eigenvalue weighted by Gasteiger charge is 2.25. The van der Waals surface area contributed by atoms with Gasteiger partial charge in [-0.05, 0) is 30.3 Å². The lowest BCUT2D eigenvalue weighted by molar-refractivity contribution is 0.0650. The van der Waals surface area contributed by atoms with Crippen LogP contribution in [0.2, 0.25) is 0 Å². The predicted molar refractivity (Wildman–Crippen MR) is 108 cm³/mol. The number of hydrogen-bond donors (Lipinski definition) is 0. The summed E-state index contributed by atoms with van der Waals surface area (Å²) in [6.07, 6.45) is 0. The molecule has 0 spiro atoms. The minimum Gasteiger partial charge on any atom is -0.489 e. The fourth-order valence-electron chi connectivity index (χ4n) is 3.18. The van der Waals surface area contributed by atoms with Crippen LogP contribution in [-0.4, -0.2) is 66.9 Å². The van der Waals surface area contributed by atoms with Crippen molar-refractivity contribution in [3.05, 3.63) is 65.2 Å². The Morgan fingerprint density at radius 1 is 1.00 bits per heavy atom. The molecule has 1 aliphatic heterocycles. The molecule has 7 heteroatoms. The molecule has 2 aromatic carbocycles. The van der Waals surface area contributed by atoms with Crippen molar-refractivity contribution in [3.8, 4) is 11.8 Å². The first-order valence-electron chi connectivity index (χ1n) is 9.46. The highest BCUT2D eigenvalue weighted by Crippen LogP contribution is 2.17. The number of amides is 3. The van der Waals surface area contributed by atoms with Crippen molar-refractivity contribution < 1.29 is 14.3 Å². The van der Waals surface area contributed by atoms with Crippen LogP contribution < -0.4 is 4.74 Å². The second-order valence-corrected chi connectivity index (χ2v) is 7.04. The first-order chi connectivity index (χ1) is 14.0. The molecule has 0 aliphatic carbocycles. The molecule has 150 valence electrons. The standard InChI is InChI=1S/C22H24N4O3/c1-24(2)22(28)26-13-11-25(12-14-26)21(27)17-7-9-20(10-8-17)29-16-19-6-4-3-5-18(19)15-23/h3-10H,11-14,16H2,1-2H3. The van der Waals surface area contributed by atoms with Crippen LogP contribution in [0, 0.1) is 11.3 Å².